The normalized spacial score (nSPS) is 16.9. The van der Waals surface area contributed by atoms with Gasteiger partial charge in [-0.1, -0.05) is 65.3 Å². The second kappa shape index (κ2) is 9.05. The minimum atomic E-state index is -2.03. The van der Waals surface area contributed by atoms with Crippen LogP contribution in [0.3, 0.4) is 0 Å². The van der Waals surface area contributed by atoms with E-state index in [-0.39, 0.29) is 10.1 Å². The summed E-state index contributed by atoms with van der Waals surface area (Å²) in [6.07, 6.45) is 0.796. The maximum Gasteiger partial charge on any atom is 0.250 e. The predicted molar refractivity (Wildman–Crippen MR) is 148 cm³/mol. The molecule has 0 amide bonds. The Morgan fingerprint density at radius 1 is 0.824 bits per heavy atom. The Kier molecular flexibility index (Phi) is 7.15. The number of aliphatic hydroxyl groups excluding tert-OH is 1. The van der Waals surface area contributed by atoms with E-state index in [9.17, 15) is 5.11 Å². The third-order valence-corrected chi connectivity index (χ3v) is 16.4. The minimum absolute atomic E-state index is 0.0588. The van der Waals surface area contributed by atoms with Crippen molar-refractivity contribution >= 4 is 39.9 Å². The molecule has 4 nitrogen and oxygen atoms in total. The van der Waals surface area contributed by atoms with Crippen LogP contribution < -0.4 is 13.6 Å². The molecule has 186 valence electrons. The van der Waals surface area contributed by atoms with Gasteiger partial charge in [0.2, 0.25) is 22.9 Å². The average Bonchev–Trinajstić information content (AvgIpc) is 2.66. The van der Waals surface area contributed by atoms with Gasteiger partial charge < -0.3 is 18.7 Å². The van der Waals surface area contributed by atoms with Gasteiger partial charge in [0.1, 0.15) is 17.2 Å². The Hall–Kier alpha value is -1.74. The largest absolute Gasteiger partial charge is 0.544 e. The van der Waals surface area contributed by atoms with Crippen molar-refractivity contribution in [2.24, 2.45) is 0 Å². The number of rotatable bonds is 5. The lowest BCUT2D eigenvalue weighted by atomic mass is 9.99. The number of hydrogen-bond acceptors (Lipinski definition) is 4. The molecular formula is C27H39ClO4Si2. The van der Waals surface area contributed by atoms with E-state index in [2.05, 4.69) is 67.7 Å². The van der Waals surface area contributed by atoms with Crippen molar-refractivity contribution in [2.45, 2.75) is 84.1 Å². The van der Waals surface area contributed by atoms with Gasteiger partial charge in [-0.2, -0.15) is 0 Å². The first-order chi connectivity index (χ1) is 15.4. The molecular weight excluding hydrogens is 480 g/mol. The van der Waals surface area contributed by atoms with Crippen molar-refractivity contribution in [2.75, 3.05) is 0 Å². The molecule has 0 radical (unpaired) electrons. The highest BCUT2D eigenvalue weighted by molar-refractivity contribution is 6.75. The molecule has 1 aliphatic heterocycles. The smallest absolute Gasteiger partial charge is 0.250 e. The zero-order valence-corrected chi connectivity index (χ0v) is 24.9. The highest BCUT2D eigenvalue weighted by atomic mass is 35.5. The number of fused-ring (bicyclic) bond motifs is 1. The summed E-state index contributed by atoms with van der Waals surface area (Å²) in [5.74, 6) is 2.04. The first-order valence-corrected chi connectivity index (χ1v) is 18.0. The second-order valence-corrected chi connectivity index (χ2v) is 22.0. The molecule has 1 unspecified atom stereocenters. The summed E-state index contributed by atoms with van der Waals surface area (Å²) in [7, 11) is -3.95. The van der Waals surface area contributed by atoms with Crippen LogP contribution in [0.25, 0.3) is 11.6 Å². The summed E-state index contributed by atoms with van der Waals surface area (Å²) in [6, 6.07) is 11.5. The van der Waals surface area contributed by atoms with E-state index in [1.54, 1.807) is 0 Å². The van der Waals surface area contributed by atoms with E-state index in [1.807, 2.05) is 42.5 Å². The molecule has 7 heteroatoms. The number of aliphatic hydroxyl groups is 1. The van der Waals surface area contributed by atoms with Gasteiger partial charge in [0, 0.05) is 17.2 Å². The van der Waals surface area contributed by atoms with Gasteiger partial charge in [-0.25, -0.2) is 0 Å². The van der Waals surface area contributed by atoms with Gasteiger partial charge in [0.15, 0.2) is 0 Å². The van der Waals surface area contributed by atoms with Crippen LogP contribution >= 0.6 is 11.6 Å². The monoisotopic (exact) mass is 518 g/mol. The first kappa shape index (κ1) is 26.9. The zero-order valence-electron chi connectivity index (χ0n) is 22.2. The fourth-order valence-electron chi connectivity index (χ4n) is 3.11. The van der Waals surface area contributed by atoms with Crippen LogP contribution in [0.5, 0.6) is 17.2 Å². The summed E-state index contributed by atoms with van der Waals surface area (Å²) in [6.45, 7) is 22.1. The molecule has 1 aliphatic rings. The molecule has 2 aromatic rings. The molecule has 3 rings (SSSR count). The van der Waals surface area contributed by atoms with Gasteiger partial charge in [0.25, 0.3) is 0 Å². The van der Waals surface area contributed by atoms with E-state index in [1.165, 1.54) is 0 Å². The van der Waals surface area contributed by atoms with Crippen molar-refractivity contribution in [3.8, 4) is 17.2 Å². The van der Waals surface area contributed by atoms with E-state index < -0.39 is 22.9 Å². The molecule has 0 saturated heterocycles. The van der Waals surface area contributed by atoms with Crippen LogP contribution in [0.4, 0.5) is 0 Å². The van der Waals surface area contributed by atoms with Gasteiger partial charge in [-0.15, -0.1) is 0 Å². The van der Waals surface area contributed by atoms with Crippen LogP contribution in [0, 0.1) is 0 Å². The summed E-state index contributed by atoms with van der Waals surface area (Å²) < 4.78 is 18.7. The second-order valence-electron chi connectivity index (χ2n) is 12.1. The highest BCUT2D eigenvalue weighted by Gasteiger charge is 2.40. The fraction of sp³-hybridized carbons (Fsp3) is 0.481. The molecule has 0 spiro atoms. The van der Waals surface area contributed by atoms with Crippen molar-refractivity contribution in [3.05, 3.63) is 52.5 Å². The summed E-state index contributed by atoms with van der Waals surface area (Å²) in [5, 5.41) is 11.5. The Balaban J connectivity index is 1.88. The molecule has 1 heterocycles. The molecule has 0 saturated carbocycles. The summed E-state index contributed by atoms with van der Waals surface area (Å²) in [4.78, 5) is 0. The maximum absolute atomic E-state index is 10.8. The van der Waals surface area contributed by atoms with Crippen LogP contribution in [0.2, 0.25) is 41.3 Å². The first-order valence-electron chi connectivity index (χ1n) is 11.8. The zero-order chi connectivity index (χ0) is 25.7. The summed E-state index contributed by atoms with van der Waals surface area (Å²) >= 11 is 6.65. The van der Waals surface area contributed by atoms with Crippen molar-refractivity contribution in [1.29, 1.82) is 0 Å². The van der Waals surface area contributed by atoms with E-state index in [0.717, 1.165) is 16.9 Å². The lowest BCUT2D eigenvalue weighted by Gasteiger charge is -2.37. The average molecular weight is 519 g/mol. The number of ether oxygens (including phenoxy) is 1. The molecule has 34 heavy (non-hydrogen) atoms. The third-order valence-electron chi connectivity index (χ3n) is 7.42. The van der Waals surface area contributed by atoms with Crippen molar-refractivity contribution < 1.29 is 18.7 Å². The Morgan fingerprint density at radius 2 is 1.32 bits per heavy atom. The molecule has 0 aliphatic carbocycles. The Morgan fingerprint density at radius 3 is 1.82 bits per heavy atom. The molecule has 1 N–H and O–H groups in total. The predicted octanol–water partition coefficient (Wildman–Crippen LogP) is 8.36. The van der Waals surface area contributed by atoms with Gasteiger partial charge in [0.05, 0.1) is 5.02 Å². The standard InChI is InChI=1S/C27H39ClO4Si2/c1-26(2,3)33(7,8)31-19-13-11-18(12-14-19)21-17-22-23(28)15-20(16-24(22)30-25(21)29)32-34(9,10)27(4,5)6/h11-17,25,29H,1-10H3. The van der Waals surface area contributed by atoms with E-state index in [4.69, 9.17) is 25.2 Å². The Labute approximate surface area is 212 Å². The topological polar surface area (TPSA) is 47.9 Å². The quantitative estimate of drug-likeness (QED) is 0.404. The van der Waals surface area contributed by atoms with Crippen molar-refractivity contribution in [1.82, 2.24) is 0 Å². The summed E-state index contributed by atoms with van der Waals surface area (Å²) in [5.41, 5.74) is 2.26. The lowest BCUT2D eigenvalue weighted by Crippen LogP contribution is -2.43. The number of hydrogen-bond donors (Lipinski definition) is 1. The van der Waals surface area contributed by atoms with Gasteiger partial charge in [-0.3, -0.25) is 0 Å². The SMILES string of the molecule is CC(C)(C)[Si](C)(C)Oc1ccc(C2=Cc3c(Cl)cc(O[Si](C)(C)C(C)(C)C)cc3OC2O)cc1. The van der Waals surface area contributed by atoms with E-state index in [0.29, 0.717) is 22.1 Å². The third kappa shape index (κ3) is 5.56. The molecule has 0 fully saturated rings. The number of halogens is 1. The minimum Gasteiger partial charge on any atom is -0.544 e. The maximum atomic E-state index is 10.8. The Bertz CT molecular complexity index is 1080. The number of benzene rings is 2. The van der Waals surface area contributed by atoms with Crippen LogP contribution in [-0.2, 0) is 0 Å². The van der Waals surface area contributed by atoms with Crippen LogP contribution in [-0.4, -0.2) is 28.0 Å². The van der Waals surface area contributed by atoms with Gasteiger partial charge >= 0.3 is 0 Å². The fourth-order valence-corrected chi connectivity index (χ4v) is 5.41. The lowest BCUT2D eigenvalue weighted by molar-refractivity contribution is 0.0319. The van der Waals surface area contributed by atoms with E-state index >= 15 is 0 Å². The van der Waals surface area contributed by atoms with Crippen molar-refractivity contribution in [3.63, 3.8) is 0 Å². The molecule has 0 bridgehead atoms. The van der Waals surface area contributed by atoms with Crippen LogP contribution in [0.15, 0.2) is 36.4 Å². The highest BCUT2D eigenvalue weighted by Crippen LogP contribution is 2.44. The molecule has 0 aromatic heterocycles. The van der Waals surface area contributed by atoms with Crippen LogP contribution in [0.1, 0.15) is 52.7 Å². The molecule has 2 aromatic carbocycles. The molecule has 1 atom stereocenters. The van der Waals surface area contributed by atoms with Gasteiger partial charge in [-0.05, 0) is 66.1 Å².